The van der Waals surface area contributed by atoms with Crippen molar-refractivity contribution in [1.82, 2.24) is 25.1 Å². The van der Waals surface area contributed by atoms with Crippen molar-refractivity contribution in [3.8, 4) is 22.8 Å². The van der Waals surface area contributed by atoms with Crippen molar-refractivity contribution in [2.24, 2.45) is 0 Å². The molecule has 0 aliphatic carbocycles. The molecule has 0 spiro atoms. The van der Waals surface area contributed by atoms with E-state index < -0.39 is 5.82 Å². The molecule has 28 heavy (non-hydrogen) atoms. The summed E-state index contributed by atoms with van der Waals surface area (Å²) in [5.41, 5.74) is 2.29. The Labute approximate surface area is 164 Å². The molecular formula is C19H17FN6OS. The highest BCUT2D eigenvalue weighted by Gasteiger charge is 2.21. The number of benzene rings is 2. The molecular weight excluding hydrogens is 379 g/mol. The van der Waals surface area contributed by atoms with E-state index in [9.17, 15) is 4.39 Å². The standard InChI is InChI=1S/C19H17FN6OS/c1-11-7-9-13(10-8-11)18-24-23-17(27-18)12(2)28-19-25-22-16(26(19)21)14-5-3-4-6-15(14)20/h3-10,12H,21H2,1-2H3/t12-/m0/s1. The lowest BCUT2D eigenvalue weighted by molar-refractivity contribution is 0.509. The molecule has 0 aliphatic rings. The Kier molecular flexibility index (Phi) is 4.82. The number of nitrogens with two attached hydrogens (primary N) is 1. The summed E-state index contributed by atoms with van der Waals surface area (Å²) in [7, 11) is 0. The van der Waals surface area contributed by atoms with E-state index in [1.165, 1.54) is 22.5 Å². The van der Waals surface area contributed by atoms with Crippen molar-refractivity contribution in [3.63, 3.8) is 0 Å². The molecule has 0 amide bonds. The van der Waals surface area contributed by atoms with Crippen LogP contribution in [-0.2, 0) is 0 Å². The number of nitrogen functional groups attached to an aromatic ring is 1. The third kappa shape index (κ3) is 3.48. The lowest BCUT2D eigenvalue weighted by Crippen LogP contribution is -2.12. The van der Waals surface area contributed by atoms with Crippen molar-refractivity contribution in [2.45, 2.75) is 24.3 Å². The van der Waals surface area contributed by atoms with E-state index >= 15 is 0 Å². The summed E-state index contributed by atoms with van der Waals surface area (Å²) < 4.78 is 21.1. The van der Waals surface area contributed by atoms with Gasteiger partial charge in [-0.1, -0.05) is 41.6 Å². The van der Waals surface area contributed by atoms with Gasteiger partial charge in [0, 0.05) is 5.56 Å². The summed E-state index contributed by atoms with van der Waals surface area (Å²) in [6.45, 7) is 3.91. The zero-order valence-electron chi connectivity index (χ0n) is 15.2. The zero-order chi connectivity index (χ0) is 19.7. The van der Waals surface area contributed by atoms with Gasteiger partial charge in [0.1, 0.15) is 5.82 Å². The van der Waals surface area contributed by atoms with Gasteiger partial charge in [0.2, 0.25) is 16.9 Å². The van der Waals surface area contributed by atoms with Gasteiger partial charge in [0.25, 0.3) is 0 Å². The zero-order valence-corrected chi connectivity index (χ0v) is 16.0. The third-order valence-corrected chi connectivity index (χ3v) is 5.19. The maximum absolute atomic E-state index is 14.0. The van der Waals surface area contributed by atoms with Gasteiger partial charge in [-0.2, -0.15) is 0 Å². The van der Waals surface area contributed by atoms with Crippen molar-refractivity contribution in [1.29, 1.82) is 0 Å². The summed E-state index contributed by atoms with van der Waals surface area (Å²) in [4.78, 5) is 0. The van der Waals surface area contributed by atoms with Crippen LogP contribution in [-0.4, -0.2) is 25.1 Å². The molecule has 0 aliphatic heterocycles. The van der Waals surface area contributed by atoms with Crippen LogP contribution in [0.2, 0.25) is 0 Å². The molecule has 2 heterocycles. The van der Waals surface area contributed by atoms with E-state index in [1.807, 2.05) is 38.1 Å². The first kappa shape index (κ1) is 18.2. The predicted octanol–water partition coefficient (Wildman–Crippen LogP) is 4.01. The first-order valence-corrected chi connectivity index (χ1v) is 9.43. The van der Waals surface area contributed by atoms with Gasteiger partial charge in [-0.3, -0.25) is 0 Å². The molecule has 0 bridgehead atoms. The van der Waals surface area contributed by atoms with E-state index in [-0.39, 0.29) is 16.6 Å². The lowest BCUT2D eigenvalue weighted by Gasteiger charge is -2.07. The summed E-state index contributed by atoms with van der Waals surface area (Å²) in [6.07, 6.45) is 0. The molecule has 0 radical (unpaired) electrons. The first-order valence-electron chi connectivity index (χ1n) is 8.55. The van der Waals surface area contributed by atoms with Crippen LogP contribution in [0.25, 0.3) is 22.8 Å². The van der Waals surface area contributed by atoms with E-state index in [0.29, 0.717) is 16.9 Å². The van der Waals surface area contributed by atoms with Crippen LogP contribution in [0.5, 0.6) is 0 Å². The first-order chi connectivity index (χ1) is 13.5. The van der Waals surface area contributed by atoms with Crippen LogP contribution in [0.15, 0.2) is 58.1 Å². The Morgan fingerprint density at radius 3 is 2.54 bits per heavy atom. The van der Waals surface area contributed by atoms with E-state index in [1.54, 1.807) is 18.2 Å². The number of thioether (sulfide) groups is 1. The van der Waals surface area contributed by atoms with Crippen molar-refractivity contribution in [3.05, 3.63) is 65.8 Å². The van der Waals surface area contributed by atoms with Crippen LogP contribution < -0.4 is 5.84 Å². The molecule has 2 N–H and O–H groups in total. The molecule has 0 fully saturated rings. The van der Waals surface area contributed by atoms with Gasteiger partial charge in [-0.25, -0.2) is 9.07 Å². The predicted molar refractivity (Wildman–Crippen MR) is 104 cm³/mol. The van der Waals surface area contributed by atoms with Gasteiger partial charge in [0.05, 0.1) is 10.8 Å². The van der Waals surface area contributed by atoms with E-state index in [0.717, 1.165) is 11.1 Å². The van der Waals surface area contributed by atoms with Crippen molar-refractivity contribution in [2.75, 3.05) is 5.84 Å². The third-order valence-electron chi connectivity index (χ3n) is 4.15. The highest BCUT2D eigenvalue weighted by molar-refractivity contribution is 7.99. The summed E-state index contributed by atoms with van der Waals surface area (Å²) in [5, 5.41) is 16.5. The topological polar surface area (TPSA) is 95.7 Å². The van der Waals surface area contributed by atoms with Gasteiger partial charge >= 0.3 is 0 Å². The fraction of sp³-hybridized carbons (Fsp3) is 0.158. The minimum atomic E-state index is -0.411. The lowest BCUT2D eigenvalue weighted by atomic mass is 10.1. The minimum absolute atomic E-state index is 0.216. The molecule has 9 heteroatoms. The number of aromatic nitrogens is 5. The van der Waals surface area contributed by atoms with Crippen molar-refractivity contribution < 1.29 is 8.81 Å². The molecule has 4 aromatic rings. The van der Waals surface area contributed by atoms with Crippen LogP contribution in [0, 0.1) is 12.7 Å². The Morgan fingerprint density at radius 1 is 1.04 bits per heavy atom. The van der Waals surface area contributed by atoms with Gasteiger partial charge in [0.15, 0.2) is 5.82 Å². The average molecular weight is 396 g/mol. The number of aryl methyl sites for hydroxylation is 1. The highest BCUT2D eigenvalue weighted by Crippen LogP contribution is 2.35. The molecule has 2 aromatic carbocycles. The maximum Gasteiger partial charge on any atom is 0.247 e. The average Bonchev–Trinajstić information content (AvgIpc) is 3.31. The SMILES string of the molecule is Cc1ccc(-c2nnc([C@H](C)Sc3nnc(-c4ccccc4F)n3N)o2)cc1. The second-order valence-electron chi connectivity index (χ2n) is 6.23. The highest BCUT2D eigenvalue weighted by atomic mass is 32.2. The molecule has 142 valence electrons. The molecule has 2 aromatic heterocycles. The van der Waals surface area contributed by atoms with Gasteiger partial charge < -0.3 is 10.3 Å². The minimum Gasteiger partial charge on any atom is -0.419 e. The number of rotatable bonds is 5. The van der Waals surface area contributed by atoms with Crippen LogP contribution >= 0.6 is 11.8 Å². The fourth-order valence-corrected chi connectivity index (χ4v) is 3.40. The molecule has 0 saturated heterocycles. The Balaban J connectivity index is 1.54. The van der Waals surface area contributed by atoms with Crippen molar-refractivity contribution >= 4 is 11.8 Å². The van der Waals surface area contributed by atoms with Crippen LogP contribution in [0.4, 0.5) is 4.39 Å². The Bertz CT molecular complexity index is 1110. The number of nitrogens with zero attached hydrogens (tertiary/aromatic N) is 5. The number of halogens is 1. The molecule has 1 atom stereocenters. The normalized spacial score (nSPS) is 12.2. The maximum atomic E-state index is 14.0. The second-order valence-corrected chi connectivity index (χ2v) is 7.54. The number of hydrogen-bond donors (Lipinski definition) is 1. The van der Waals surface area contributed by atoms with Gasteiger partial charge in [-0.15, -0.1) is 20.4 Å². The second kappa shape index (κ2) is 7.43. The van der Waals surface area contributed by atoms with Crippen LogP contribution in [0.3, 0.4) is 0 Å². The summed E-state index contributed by atoms with van der Waals surface area (Å²) in [5.74, 6) is 6.80. The quantitative estimate of drug-likeness (QED) is 0.402. The van der Waals surface area contributed by atoms with Gasteiger partial charge in [-0.05, 0) is 38.1 Å². The monoisotopic (exact) mass is 396 g/mol. The molecule has 0 unspecified atom stereocenters. The van der Waals surface area contributed by atoms with E-state index in [4.69, 9.17) is 10.3 Å². The Hall–Kier alpha value is -3.20. The molecule has 4 rings (SSSR count). The number of hydrogen-bond acceptors (Lipinski definition) is 7. The summed E-state index contributed by atoms with van der Waals surface area (Å²) in [6, 6.07) is 14.1. The fourth-order valence-electron chi connectivity index (χ4n) is 2.60. The largest absolute Gasteiger partial charge is 0.419 e. The molecule has 0 saturated carbocycles. The van der Waals surface area contributed by atoms with Crippen LogP contribution in [0.1, 0.15) is 23.6 Å². The Morgan fingerprint density at radius 2 is 1.79 bits per heavy atom. The smallest absolute Gasteiger partial charge is 0.247 e. The van der Waals surface area contributed by atoms with E-state index in [2.05, 4.69) is 20.4 Å². The summed E-state index contributed by atoms with van der Waals surface area (Å²) >= 11 is 1.30. The molecule has 7 nitrogen and oxygen atoms in total.